The summed E-state index contributed by atoms with van der Waals surface area (Å²) in [6.07, 6.45) is 3.89. The Labute approximate surface area is 111 Å². The molecule has 1 unspecified atom stereocenters. The summed E-state index contributed by atoms with van der Waals surface area (Å²) in [5.41, 5.74) is -0.886. The van der Waals surface area contributed by atoms with Crippen molar-refractivity contribution in [3.8, 4) is 0 Å². The first-order valence-electron chi connectivity index (χ1n) is 6.67. The molecule has 19 heavy (non-hydrogen) atoms. The van der Waals surface area contributed by atoms with Gasteiger partial charge >= 0.3 is 5.97 Å². The number of carboxylic acids is 1. The Balaban J connectivity index is 1.67. The lowest BCUT2D eigenvalue weighted by atomic mass is 10.0. The second-order valence-electron chi connectivity index (χ2n) is 5.71. The smallest absolute Gasteiger partial charge is 0.324 e. The lowest BCUT2D eigenvalue weighted by molar-refractivity contribution is -0.145. The lowest BCUT2D eigenvalue weighted by Gasteiger charge is -2.35. The van der Waals surface area contributed by atoms with Gasteiger partial charge in [-0.1, -0.05) is 0 Å². The van der Waals surface area contributed by atoms with E-state index < -0.39 is 11.5 Å². The van der Waals surface area contributed by atoms with Crippen LogP contribution in [0.2, 0.25) is 0 Å². The van der Waals surface area contributed by atoms with Crippen LogP contribution in [0, 0.1) is 0 Å². The van der Waals surface area contributed by atoms with E-state index in [1.165, 1.54) is 0 Å². The molecule has 1 saturated carbocycles. The monoisotopic (exact) mass is 265 g/mol. The van der Waals surface area contributed by atoms with Gasteiger partial charge in [0, 0.05) is 25.7 Å². The first-order valence-corrected chi connectivity index (χ1v) is 6.67. The average Bonchev–Trinajstić information content (AvgIpc) is 3.04. The van der Waals surface area contributed by atoms with Gasteiger partial charge in [-0.3, -0.25) is 15.0 Å². The van der Waals surface area contributed by atoms with E-state index in [9.17, 15) is 9.90 Å². The zero-order valence-corrected chi connectivity index (χ0v) is 11.0. The minimum atomic E-state index is -0.886. The molecule has 0 radical (unpaired) electrons. The van der Waals surface area contributed by atoms with Crippen LogP contribution in [-0.4, -0.2) is 55.4 Å². The van der Waals surface area contributed by atoms with Crippen molar-refractivity contribution in [1.29, 1.82) is 0 Å². The van der Waals surface area contributed by atoms with Crippen LogP contribution in [0.15, 0.2) is 6.33 Å². The van der Waals surface area contributed by atoms with Gasteiger partial charge in [0.1, 0.15) is 17.7 Å². The molecule has 0 amide bonds. The highest BCUT2D eigenvalue weighted by Crippen LogP contribution is 2.24. The highest BCUT2D eigenvalue weighted by Gasteiger charge is 2.40. The SMILES string of the molecule is CC(CN1CCn2cnnc2C1)(NC1CC1)C(=O)O. The Kier molecular flexibility index (Phi) is 3.02. The number of nitrogens with one attached hydrogen (secondary N) is 1. The van der Waals surface area contributed by atoms with E-state index >= 15 is 0 Å². The summed E-state index contributed by atoms with van der Waals surface area (Å²) < 4.78 is 2.02. The summed E-state index contributed by atoms with van der Waals surface area (Å²) in [5, 5.41) is 20.7. The van der Waals surface area contributed by atoms with Crippen molar-refractivity contribution in [3.63, 3.8) is 0 Å². The molecule has 2 N–H and O–H groups in total. The second kappa shape index (κ2) is 4.57. The average molecular weight is 265 g/mol. The molecule has 2 heterocycles. The van der Waals surface area contributed by atoms with Crippen molar-refractivity contribution in [1.82, 2.24) is 25.0 Å². The molecule has 3 rings (SSSR count). The van der Waals surface area contributed by atoms with Crippen molar-refractivity contribution in [2.45, 2.75) is 44.4 Å². The summed E-state index contributed by atoms with van der Waals surface area (Å²) >= 11 is 0. The summed E-state index contributed by atoms with van der Waals surface area (Å²) in [6.45, 7) is 4.58. The molecule has 1 aromatic rings. The zero-order chi connectivity index (χ0) is 13.5. The number of carbonyl (C=O) groups is 1. The van der Waals surface area contributed by atoms with Crippen molar-refractivity contribution in [2.24, 2.45) is 0 Å². The van der Waals surface area contributed by atoms with Crippen LogP contribution in [0.3, 0.4) is 0 Å². The molecule has 2 aliphatic rings. The highest BCUT2D eigenvalue weighted by atomic mass is 16.4. The number of hydrogen-bond donors (Lipinski definition) is 2. The third-order valence-corrected chi connectivity index (χ3v) is 3.83. The highest BCUT2D eigenvalue weighted by molar-refractivity contribution is 5.78. The third kappa shape index (κ3) is 2.62. The molecule has 104 valence electrons. The topological polar surface area (TPSA) is 83.3 Å². The maximum atomic E-state index is 11.5. The van der Waals surface area contributed by atoms with E-state index in [-0.39, 0.29) is 0 Å². The van der Waals surface area contributed by atoms with E-state index in [0.717, 1.165) is 31.8 Å². The van der Waals surface area contributed by atoms with Crippen LogP contribution in [0.5, 0.6) is 0 Å². The molecule has 1 aromatic heterocycles. The van der Waals surface area contributed by atoms with Gasteiger partial charge in [0.25, 0.3) is 0 Å². The Bertz CT molecular complexity index is 484. The summed E-state index contributed by atoms with van der Waals surface area (Å²) in [5.74, 6) is 0.122. The molecule has 0 saturated heterocycles. The zero-order valence-electron chi connectivity index (χ0n) is 11.0. The van der Waals surface area contributed by atoms with Gasteiger partial charge in [-0.2, -0.15) is 0 Å². The molecule has 0 bridgehead atoms. The minimum Gasteiger partial charge on any atom is -0.480 e. The van der Waals surface area contributed by atoms with Gasteiger partial charge in [-0.05, 0) is 19.8 Å². The van der Waals surface area contributed by atoms with Gasteiger partial charge in [0.15, 0.2) is 0 Å². The number of fused-ring (bicyclic) bond motifs is 1. The lowest BCUT2D eigenvalue weighted by Crippen LogP contribution is -2.58. The molecule has 0 spiro atoms. The van der Waals surface area contributed by atoms with Crippen LogP contribution in [-0.2, 0) is 17.9 Å². The molecular formula is C12H19N5O2. The first kappa shape index (κ1) is 12.6. The fraction of sp³-hybridized carbons (Fsp3) is 0.750. The van der Waals surface area contributed by atoms with E-state index in [1.54, 1.807) is 13.3 Å². The fourth-order valence-electron chi connectivity index (χ4n) is 2.55. The van der Waals surface area contributed by atoms with Crippen LogP contribution in [0.1, 0.15) is 25.6 Å². The quantitative estimate of drug-likeness (QED) is 0.760. The maximum Gasteiger partial charge on any atom is 0.324 e. The molecule has 1 atom stereocenters. The molecule has 1 aliphatic carbocycles. The number of aromatic nitrogens is 3. The van der Waals surface area contributed by atoms with Crippen LogP contribution in [0.25, 0.3) is 0 Å². The van der Waals surface area contributed by atoms with Crippen molar-refractivity contribution < 1.29 is 9.90 Å². The predicted octanol–water partition coefficient (Wildman–Crippen LogP) is -0.311. The van der Waals surface area contributed by atoms with E-state index in [1.807, 2.05) is 4.57 Å². The van der Waals surface area contributed by atoms with Crippen molar-refractivity contribution >= 4 is 5.97 Å². The molecule has 1 aliphatic heterocycles. The molecule has 1 fully saturated rings. The van der Waals surface area contributed by atoms with E-state index in [4.69, 9.17) is 0 Å². The van der Waals surface area contributed by atoms with Crippen molar-refractivity contribution in [3.05, 3.63) is 12.2 Å². The summed E-state index contributed by atoms with van der Waals surface area (Å²) in [6, 6.07) is 0.370. The molecule has 7 heteroatoms. The van der Waals surface area contributed by atoms with Crippen molar-refractivity contribution in [2.75, 3.05) is 13.1 Å². The first-order chi connectivity index (χ1) is 9.07. The Morgan fingerprint density at radius 3 is 3.05 bits per heavy atom. The number of hydrogen-bond acceptors (Lipinski definition) is 5. The van der Waals surface area contributed by atoms with Gasteiger partial charge in [0.2, 0.25) is 0 Å². The largest absolute Gasteiger partial charge is 0.480 e. The normalized spacial score (nSPS) is 22.8. The molecular weight excluding hydrogens is 246 g/mol. The predicted molar refractivity (Wildman–Crippen MR) is 67.5 cm³/mol. The maximum absolute atomic E-state index is 11.5. The van der Waals surface area contributed by atoms with Crippen LogP contribution < -0.4 is 5.32 Å². The number of aliphatic carboxylic acids is 1. The standard InChI is InChI=1S/C12H19N5O2/c1-12(11(18)19,14-9-2-3-9)7-16-4-5-17-8-13-15-10(17)6-16/h8-9,14H,2-7H2,1H3,(H,18,19). The second-order valence-corrected chi connectivity index (χ2v) is 5.71. The molecule has 0 aromatic carbocycles. The number of carboxylic acid groups (broad SMARTS) is 1. The van der Waals surface area contributed by atoms with Gasteiger partial charge in [-0.15, -0.1) is 10.2 Å². The van der Waals surface area contributed by atoms with Gasteiger partial charge in [0.05, 0.1) is 6.54 Å². The van der Waals surface area contributed by atoms with Crippen LogP contribution >= 0.6 is 0 Å². The Morgan fingerprint density at radius 2 is 2.37 bits per heavy atom. The van der Waals surface area contributed by atoms with Gasteiger partial charge in [-0.25, -0.2) is 0 Å². The minimum absolute atomic E-state index is 0.370. The number of rotatable bonds is 5. The number of nitrogens with zero attached hydrogens (tertiary/aromatic N) is 4. The molecule has 7 nitrogen and oxygen atoms in total. The Morgan fingerprint density at radius 1 is 1.58 bits per heavy atom. The fourth-order valence-corrected chi connectivity index (χ4v) is 2.55. The third-order valence-electron chi connectivity index (χ3n) is 3.83. The Hall–Kier alpha value is -1.47. The summed E-state index contributed by atoms with van der Waals surface area (Å²) in [7, 11) is 0. The van der Waals surface area contributed by atoms with Crippen LogP contribution in [0.4, 0.5) is 0 Å². The summed E-state index contributed by atoms with van der Waals surface area (Å²) in [4.78, 5) is 13.7. The van der Waals surface area contributed by atoms with E-state index in [0.29, 0.717) is 19.1 Å². The van der Waals surface area contributed by atoms with Gasteiger partial charge < -0.3 is 9.67 Å². The van der Waals surface area contributed by atoms with E-state index in [2.05, 4.69) is 20.4 Å².